The van der Waals surface area contributed by atoms with Gasteiger partial charge in [0.2, 0.25) is 0 Å². The molecule has 2 heteroatoms. The molecule has 0 aliphatic heterocycles. The van der Waals surface area contributed by atoms with Gasteiger partial charge in [0, 0.05) is 11.9 Å². The first-order valence-electron chi connectivity index (χ1n) is 11.8. The first kappa shape index (κ1) is 29.4. The van der Waals surface area contributed by atoms with Crippen LogP contribution in [0.2, 0.25) is 0 Å². The lowest BCUT2D eigenvalue weighted by atomic mass is 10.0. The molecule has 0 bridgehead atoms. The van der Waals surface area contributed by atoms with Crippen LogP contribution >= 0.6 is 0 Å². The number of nitrogens with zero attached hydrogens (tertiary/aromatic N) is 1. The van der Waals surface area contributed by atoms with E-state index in [9.17, 15) is 4.39 Å². The quantitative estimate of drug-likeness (QED) is 0.270. The SMILES string of the molecule is C=C/C(C)=C\C=C\N(C1=CC=CCCC1)C(C=C)C/C=C/C.CC1C=CC=CC1.CCF. The summed E-state index contributed by atoms with van der Waals surface area (Å²) in [5.74, 6) is 0.769. The lowest BCUT2D eigenvalue weighted by Crippen LogP contribution is -2.28. The molecule has 176 valence electrons. The number of rotatable bonds is 8. The highest BCUT2D eigenvalue weighted by Crippen LogP contribution is 2.22. The summed E-state index contributed by atoms with van der Waals surface area (Å²) < 4.78 is 10.3. The van der Waals surface area contributed by atoms with Crippen LogP contribution in [-0.4, -0.2) is 17.6 Å². The van der Waals surface area contributed by atoms with Crippen LogP contribution in [0.25, 0.3) is 0 Å². The number of allylic oxidation sites excluding steroid dienone is 13. The topological polar surface area (TPSA) is 3.24 Å². The fourth-order valence-electron chi connectivity index (χ4n) is 3.05. The summed E-state index contributed by atoms with van der Waals surface area (Å²) in [4.78, 5) is 2.34. The van der Waals surface area contributed by atoms with Crippen LogP contribution in [0.1, 0.15) is 59.8 Å². The maximum absolute atomic E-state index is 10.3. The molecule has 0 aromatic heterocycles. The van der Waals surface area contributed by atoms with Gasteiger partial charge in [0.1, 0.15) is 0 Å². The maximum Gasteiger partial charge on any atom is 0.0866 e. The molecule has 0 N–H and O–H groups in total. The zero-order valence-corrected chi connectivity index (χ0v) is 20.7. The summed E-state index contributed by atoms with van der Waals surface area (Å²) in [6, 6.07) is 0.280. The van der Waals surface area contributed by atoms with Gasteiger partial charge in [-0.3, -0.25) is 4.39 Å². The zero-order chi connectivity index (χ0) is 24.0. The first-order chi connectivity index (χ1) is 15.5. The third kappa shape index (κ3) is 14.4. The molecule has 0 amide bonds. The Morgan fingerprint density at radius 1 is 1.25 bits per heavy atom. The van der Waals surface area contributed by atoms with Crippen molar-refractivity contribution in [2.45, 2.75) is 65.8 Å². The van der Waals surface area contributed by atoms with E-state index in [0.717, 1.165) is 30.8 Å². The summed E-state index contributed by atoms with van der Waals surface area (Å²) in [6.45, 7) is 15.4. The Morgan fingerprint density at radius 2 is 2.00 bits per heavy atom. The van der Waals surface area contributed by atoms with Crippen LogP contribution in [0, 0.1) is 5.92 Å². The van der Waals surface area contributed by atoms with Crippen molar-refractivity contribution in [3.05, 3.63) is 110 Å². The van der Waals surface area contributed by atoms with Crippen molar-refractivity contribution < 1.29 is 4.39 Å². The highest BCUT2D eigenvalue weighted by molar-refractivity contribution is 5.23. The maximum atomic E-state index is 10.3. The van der Waals surface area contributed by atoms with Gasteiger partial charge in [-0.25, -0.2) is 0 Å². The molecule has 0 aromatic carbocycles. The number of halogens is 1. The van der Waals surface area contributed by atoms with Crippen LogP contribution in [0.4, 0.5) is 4.39 Å². The largest absolute Gasteiger partial charge is 0.344 e. The summed E-state index contributed by atoms with van der Waals surface area (Å²) in [6.07, 6.45) is 35.4. The van der Waals surface area contributed by atoms with Gasteiger partial charge in [0.15, 0.2) is 0 Å². The predicted octanol–water partition coefficient (Wildman–Crippen LogP) is 9.19. The monoisotopic (exact) mass is 437 g/mol. The van der Waals surface area contributed by atoms with E-state index in [0.29, 0.717) is 0 Å². The summed E-state index contributed by atoms with van der Waals surface area (Å²) >= 11 is 0. The van der Waals surface area contributed by atoms with Crippen molar-refractivity contribution in [1.82, 2.24) is 4.90 Å². The van der Waals surface area contributed by atoms with Gasteiger partial charge in [0.25, 0.3) is 0 Å². The lowest BCUT2D eigenvalue weighted by molar-refractivity contribution is 0.379. The van der Waals surface area contributed by atoms with Gasteiger partial charge in [-0.15, -0.1) is 6.58 Å². The van der Waals surface area contributed by atoms with Crippen molar-refractivity contribution in [2.24, 2.45) is 5.92 Å². The normalized spacial score (nSPS) is 18.7. The van der Waals surface area contributed by atoms with Gasteiger partial charge >= 0.3 is 0 Å². The van der Waals surface area contributed by atoms with E-state index in [1.54, 1.807) is 0 Å². The molecule has 2 aliphatic rings. The minimum absolute atomic E-state index is 0.250. The van der Waals surface area contributed by atoms with Crippen molar-refractivity contribution >= 4 is 0 Å². The summed E-state index contributed by atoms with van der Waals surface area (Å²) in [5.41, 5.74) is 2.51. The fourth-order valence-corrected chi connectivity index (χ4v) is 3.05. The molecule has 0 saturated carbocycles. The van der Waals surface area contributed by atoms with Crippen LogP contribution in [-0.2, 0) is 0 Å². The molecule has 2 aliphatic carbocycles. The molecule has 0 radical (unpaired) electrons. The highest BCUT2D eigenvalue weighted by Gasteiger charge is 2.15. The van der Waals surface area contributed by atoms with Crippen LogP contribution < -0.4 is 0 Å². The molecular formula is C30H44FN. The molecule has 0 spiro atoms. The van der Waals surface area contributed by atoms with Crippen molar-refractivity contribution in [1.29, 1.82) is 0 Å². The smallest absolute Gasteiger partial charge is 0.0866 e. The molecule has 1 nitrogen and oxygen atoms in total. The lowest BCUT2D eigenvalue weighted by Gasteiger charge is -2.30. The third-order valence-electron chi connectivity index (χ3n) is 4.93. The second-order valence-electron chi connectivity index (χ2n) is 7.74. The van der Waals surface area contributed by atoms with Gasteiger partial charge in [-0.2, -0.15) is 0 Å². The zero-order valence-electron chi connectivity index (χ0n) is 20.7. The molecule has 0 saturated heterocycles. The van der Waals surface area contributed by atoms with E-state index in [4.69, 9.17) is 0 Å². The van der Waals surface area contributed by atoms with Crippen molar-refractivity contribution in [3.63, 3.8) is 0 Å². The molecule has 2 unspecified atom stereocenters. The standard InChI is InChI=1S/C21H29N.C7H10.C2H5F/c1-5-8-15-20(7-3)22(18-13-14-19(4)6-2)21-16-11-9-10-12-17-21;1-7-5-3-2-4-6-7;1-2-3/h5-9,11,13-14,16,18,20H,2-3,10,12,15,17H2,1,4H3;2-5,7H,6H2,1H3;2H2,1H3/b8-5+,18-13+,19-14-;;. The second kappa shape index (κ2) is 20.3. The van der Waals surface area contributed by atoms with Crippen LogP contribution in [0.15, 0.2) is 110 Å². The van der Waals surface area contributed by atoms with Crippen molar-refractivity contribution in [2.75, 3.05) is 6.67 Å². The summed E-state index contributed by atoms with van der Waals surface area (Å²) in [5, 5.41) is 0. The third-order valence-corrected chi connectivity index (χ3v) is 4.93. The average Bonchev–Trinajstić information content (AvgIpc) is 3.09. The van der Waals surface area contributed by atoms with E-state index in [2.05, 4.69) is 112 Å². The molecular weight excluding hydrogens is 393 g/mol. The van der Waals surface area contributed by atoms with Gasteiger partial charge < -0.3 is 4.90 Å². The Labute approximate surface area is 197 Å². The predicted molar refractivity (Wildman–Crippen MR) is 143 cm³/mol. The average molecular weight is 438 g/mol. The fraction of sp³-hybridized carbons (Fsp3) is 0.400. The van der Waals surface area contributed by atoms with Gasteiger partial charge in [0.05, 0.1) is 12.7 Å². The Kier molecular flexibility index (Phi) is 18.6. The highest BCUT2D eigenvalue weighted by atomic mass is 19.1. The molecule has 0 fully saturated rings. The van der Waals surface area contributed by atoms with E-state index in [1.165, 1.54) is 25.5 Å². The minimum Gasteiger partial charge on any atom is -0.344 e. The Hall–Kier alpha value is -2.61. The van der Waals surface area contributed by atoms with E-state index < -0.39 is 0 Å². The Balaban J connectivity index is 0.000000790. The molecule has 2 atom stereocenters. The molecule has 0 heterocycles. The summed E-state index contributed by atoms with van der Waals surface area (Å²) in [7, 11) is 0. The van der Waals surface area contributed by atoms with E-state index >= 15 is 0 Å². The van der Waals surface area contributed by atoms with Gasteiger partial charge in [-0.05, 0) is 70.9 Å². The van der Waals surface area contributed by atoms with Crippen LogP contribution in [0.5, 0.6) is 0 Å². The first-order valence-corrected chi connectivity index (χ1v) is 11.8. The van der Waals surface area contributed by atoms with Crippen molar-refractivity contribution in [3.8, 4) is 0 Å². The molecule has 32 heavy (non-hydrogen) atoms. The van der Waals surface area contributed by atoms with Crippen LogP contribution in [0.3, 0.4) is 0 Å². The Bertz CT molecular complexity index is 715. The number of hydrogen-bond donors (Lipinski definition) is 0. The molecule has 0 aromatic rings. The number of alkyl halides is 1. The van der Waals surface area contributed by atoms with E-state index in [1.807, 2.05) is 12.2 Å². The van der Waals surface area contributed by atoms with Gasteiger partial charge in [-0.1, -0.05) is 85.9 Å². The minimum atomic E-state index is -0.250. The van der Waals surface area contributed by atoms with E-state index in [-0.39, 0.29) is 12.7 Å². The molecule has 2 rings (SSSR count). The number of hydrogen-bond acceptors (Lipinski definition) is 1. The second-order valence-corrected chi connectivity index (χ2v) is 7.74. The Morgan fingerprint density at radius 3 is 2.53 bits per heavy atom.